The van der Waals surface area contributed by atoms with Gasteiger partial charge in [0.2, 0.25) is 0 Å². The largest absolute Gasteiger partial charge is 0.508 e. The van der Waals surface area contributed by atoms with Crippen LogP contribution in [-0.2, 0) is 6.54 Å². The van der Waals surface area contributed by atoms with Gasteiger partial charge >= 0.3 is 0 Å². The van der Waals surface area contributed by atoms with Crippen molar-refractivity contribution < 1.29 is 5.11 Å². The monoisotopic (exact) mass is 206 g/mol. The van der Waals surface area contributed by atoms with Gasteiger partial charge in [0, 0.05) is 12.6 Å². The van der Waals surface area contributed by atoms with E-state index in [1.807, 2.05) is 12.1 Å². The highest BCUT2D eigenvalue weighted by Crippen LogP contribution is 2.14. The zero-order valence-corrected chi connectivity index (χ0v) is 8.89. The number of hydrogen-bond acceptors (Lipinski definition) is 3. The van der Waals surface area contributed by atoms with Crippen molar-refractivity contribution in [3.63, 3.8) is 0 Å². The highest BCUT2D eigenvalue weighted by molar-refractivity contribution is 5.25. The van der Waals surface area contributed by atoms with Crippen molar-refractivity contribution in [3.05, 3.63) is 29.8 Å². The Morgan fingerprint density at radius 2 is 1.80 bits per heavy atom. The Morgan fingerprint density at radius 3 is 2.40 bits per heavy atom. The molecule has 0 bridgehead atoms. The topological polar surface area (TPSA) is 49.5 Å². The van der Waals surface area contributed by atoms with Gasteiger partial charge in [-0.05, 0) is 43.6 Å². The molecule has 0 saturated carbocycles. The third kappa shape index (κ3) is 2.94. The van der Waals surface area contributed by atoms with Crippen molar-refractivity contribution in [1.29, 1.82) is 0 Å². The van der Waals surface area contributed by atoms with Crippen molar-refractivity contribution in [2.24, 2.45) is 5.73 Å². The second-order valence-corrected chi connectivity index (χ2v) is 4.28. The Kier molecular flexibility index (Phi) is 3.23. The Bertz CT molecular complexity index is 302. The molecule has 0 amide bonds. The summed E-state index contributed by atoms with van der Waals surface area (Å²) >= 11 is 0. The molecule has 1 aromatic carbocycles. The van der Waals surface area contributed by atoms with E-state index >= 15 is 0 Å². The SMILES string of the molecule is NC1CCN(Cc2ccc(O)cc2)CC1. The van der Waals surface area contributed by atoms with E-state index in [4.69, 9.17) is 10.8 Å². The minimum Gasteiger partial charge on any atom is -0.508 e. The number of aromatic hydroxyl groups is 1. The molecule has 0 spiro atoms. The standard InChI is InChI=1S/C12H18N2O/c13-11-5-7-14(8-6-11)9-10-1-3-12(15)4-2-10/h1-4,11,15H,5-9,13H2. The molecule has 0 aliphatic carbocycles. The number of piperidine rings is 1. The van der Waals surface area contributed by atoms with E-state index in [9.17, 15) is 0 Å². The van der Waals surface area contributed by atoms with Gasteiger partial charge in [0.15, 0.2) is 0 Å². The smallest absolute Gasteiger partial charge is 0.115 e. The minimum atomic E-state index is 0.333. The molecule has 1 heterocycles. The molecule has 1 aromatic rings. The maximum Gasteiger partial charge on any atom is 0.115 e. The van der Waals surface area contributed by atoms with Crippen molar-refractivity contribution in [3.8, 4) is 5.75 Å². The average Bonchev–Trinajstić information content (AvgIpc) is 2.25. The van der Waals surface area contributed by atoms with Crippen LogP contribution in [0, 0.1) is 0 Å². The molecule has 3 heteroatoms. The molecule has 1 aliphatic heterocycles. The zero-order chi connectivity index (χ0) is 10.7. The molecule has 1 fully saturated rings. The van der Waals surface area contributed by atoms with Crippen molar-refractivity contribution in [2.75, 3.05) is 13.1 Å². The molecule has 2 rings (SSSR count). The summed E-state index contributed by atoms with van der Waals surface area (Å²) in [4.78, 5) is 2.41. The van der Waals surface area contributed by atoms with E-state index in [1.165, 1.54) is 5.56 Å². The van der Waals surface area contributed by atoms with Gasteiger partial charge in [-0.15, -0.1) is 0 Å². The first kappa shape index (κ1) is 10.5. The molecule has 15 heavy (non-hydrogen) atoms. The van der Waals surface area contributed by atoms with E-state index < -0.39 is 0 Å². The Labute approximate surface area is 90.5 Å². The first-order valence-electron chi connectivity index (χ1n) is 5.50. The van der Waals surface area contributed by atoms with Crippen molar-refractivity contribution in [2.45, 2.75) is 25.4 Å². The number of hydrogen-bond donors (Lipinski definition) is 2. The fourth-order valence-corrected chi connectivity index (χ4v) is 1.97. The molecule has 0 radical (unpaired) electrons. The maximum absolute atomic E-state index is 9.17. The molecule has 0 aromatic heterocycles. The Balaban J connectivity index is 1.89. The lowest BCUT2D eigenvalue weighted by molar-refractivity contribution is 0.205. The van der Waals surface area contributed by atoms with E-state index in [-0.39, 0.29) is 0 Å². The molecule has 0 unspecified atom stereocenters. The highest BCUT2D eigenvalue weighted by Gasteiger charge is 2.15. The summed E-state index contributed by atoms with van der Waals surface area (Å²) < 4.78 is 0. The van der Waals surface area contributed by atoms with Crippen LogP contribution in [0.25, 0.3) is 0 Å². The zero-order valence-electron chi connectivity index (χ0n) is 8.89. The molecule has 3 nitrogen and oxygen atoms in total. The highest BCUT2D eigenvalue weighted by atomic mass is 16.3. The first-order valence-corrected chi connectivity index (χ1v) is 5.50. The lowest BCUT2D eigenvalue weighted by Crippen LogP contribution is -2.39. The summed E-state index contributed by atoms with van der Waals surface area (Å²) in [5.41, 5.74) is 7.10. The number of nitrogens with two attached hydrogens (primary N) is 1. The molecule has 1 saturated heterocycles. The lowest BCUT2D eigenvalue weighted by Gasteiger charge is -2.30. The summed E-state index contributed by atoms with van der Waals surface area (Å²) in [5.74, 6) is 0.333. The number of nitrogens with zero attached hydrogens (tertiary/aromatic N) is 1. The number of rotatable bonds is 2. The maximum atomic E-state index is 9.17. The minimum absolute atomic E-state index is 0.333. The van der Waals surface area contributed by atoms with Crippen LogP contribution in [0.3, 0.4) is 0 Å². The van der Waals surface area contributed by atoms with Gasteiger partial charge in [-0.3, -0.25) is 4.90 Å². The molecular formula is C12H18N2O. The quantitative estimate of drug-likeness (QED) is 0.767. The van der Waals surface area contributed by atoms with E-state index in [2.05, 4.69) is 4.90 Å². The van der Waals surface area contributed by atoms with Crippen LogP contribution in [0.5, 0.6) is 5.75 Å². The summed E-state index contributed by atoms with van der Waals surface area (Å²) in [5, 5.41) is 9.17. The third-order valence-electron chi connectivity index (χ3n) is 2.97. The van der Waals surface area contributed by atoms with Gasteiger partial charge in [0.25, 0.3) is 0 Å². The van der Waals surface area contributed by atoms with Gasteiger partial charge in [0.05, 0.1) is 0 Å². The van der Waals surface area contributed by atoms with Crippen molar-refractivity contribution >= 4 is 0 Å². The van der Waals surface area contributed by atoms with Crippen LogP contribution >= 0.6 is 0 Å². The van der Waals surface area contributed by atoms with Gasteiger partial charge < -0.3 is 10.8 Å². The summed E-state index contributed by atoms with van der Waals surface area (Å²) in [7, 11) is 0. The second kappa shape index (κ2) is 4.64. The summed E-state index contributed by atoms with van der Waals surface area (Å²) in [6.45, 7) is 3.14. The molecule has 82 valence electrons. The van der Waals surface area contributed by atoms with Gasteiger partial charge in [-0.1, -0.05) is 12.1 Å². The Morgan fingerprint density at radius 1 is 1.20 bits per heavy atom. The number of phenols is 1. The molecule has 1 aliphatic rings. The molecular weight excluding hydrogens is 188 g/mol. The number of benzene rings is 1. The predicted octanol–water partition coefficient (Wildman–Crippen LogP) is 1.32. The second-order valence-electron chi connectivity index (χ2n) is 4.28. The van der Waals surface area contributed by atoms with Crippen LogP contribution in [0.15, 0.2) is 24.3 Å². The fraction of sp³-hybridized carbons (Fsp3) is 0.500. The fourth-order valence-electron chi connectivity index (χ4n) is 1.97. The van der Waals surface area contributed by atoms with E-state index in [0.717, 1.165) is 32.5 Å². The first-order chi connectivity index (χ1) is 7.24. The van der Waals surface area contributed by atoms with E-state index in [0.29, 0.717) is 11.8 Å². The molecule has 3 N–H and O–H groups in total. The van der Waals surface area contributed by atoms with Gasteiger partial charge in [-0.2, -0.15) is 0 Å². The predicted molar refractivity (Wildman–Crippen MR) is 60.6 cm³/mol. The van der Waals surface area contributed by atoms with Gasteiger partial charge in [0.1, 0.15) is 5.75 Å². The Hall–Kier alpha value is -1.06. The van der Waals surface area contributed by atoms with Crippen LogP contribution in [0.4, 0.5) is 0 Å². The third-order valence-corrected chi connectivity index (χ3v) is 2.97. The normalized spacial score (nSPS) is 19.3. The van der Waals surface area contributed by atoms with E-state index in [1.54, 1.807) is 12.1 Å². The van der Waals surface area contributed by atoms with Crippen LogP contribution in [0.1, 0.15) is 18.4 Å². The lowest BCUT2D eigenvalue weighted by atomic mass is 10.1. The number of phenolic OH excluding ortho intramolecular Hbond substituents is 1. The summed E-state index contributed by atoms with van der Waals surface area (Å²) in [6, 6.07) is 7.82. The average molecular weight is 206 g/mol. The van der Waals surface area contributed by atoms with Crippen LogP contribution in [-0.4, -0.2) is 29.1 Å². The van der Waals surface area contributed by atoms with Gasteiger partial charge in [-0.25, -0.2) is 0 Å². The molecule has 0 atom stereocenters. The number of likely N-dealkylation sites (tertiary alicyclic amines) is 1. The van der Waals surface area contributed by atoms with Crippen molar-refractivity contribution in [1.82, 2.24) is 4.90 Å². The summed E-state index contributed by atoms with van der Waals surface area (Å²) in [6.07, 6.45) is 2.19. The van der Waals surface area contributed by atoms with Crippen LogP contribution in [0.2, 0.25) is 0 Å². The van der Waals surface area contributed by atoms with Crippen LogP contribution < -0.4 is 5.73 Å².